The van der Waals surface area contributed by atoms with Crippen molar-refractivity contribution in [2.24, 2.45) is 0 Å². The first-order chi connectivity index (χ1) is 23.6. The number of hydrogen-bond acceptors (Lipinski definition) is 4. The molecule has 3 unspecified atom stereocenters. The molecule has 0 aromatic heterocycles. The Balaban J connectivity index is 3.58. The number of hydrogen-bond donors (Lipinski definition) is 4. The van der Waals surface area contributed by atoms with Crippen LogP contribution < -0.4 is 5.32 Å². The minimum atomic E-state index is -1.14. The highest BCUT2D eigenvalue weighted by Gasteiger charge is 2.26. The van der Waals surface area contributed by atoms with Gasteiger partial charge in [0.15, 0.2) is 0 Å². The smallest absolute Gasteiger partial charge is 0.220 e. The zero-order valence-electron chi connectivity index (χ0n) is 32.4. The molecule has 0 saturated heterocycles. The van der Waals surface area contributed by atoms with Crippen molar-refractivity contribution >= 4 is 5.91 Å². The van der Waals surface area contributed by atoms with Gasteiger partial charge in [-0.15, -0.1) is 0 Å². The van der Waals surface area contributed by atoms with Gasteiger partial charge in [0, 0.05) is 6.42 Å². The third kappa shape index (κ3) is 33.6. The maximum Gasteiger partial charge on any atom is 0.220 e. The number of unbranched alkanes of at least 4 members (excludes halogenated alkanes) is 29. The second kappa shape index (κ2) is 38.9. The van der Waals surface area contributed by atoms with Crippen LogP contribution in [0.4, 0.5) is 0 Å². The maximum absolute atomic E-state index is 12.4. The van der Waals surface area contributed by atoms with Gasteiger partial charge in [-0.1, -0.05) is 199 Å². The Morgan fingerprint density at radius 1 is 0.500 bits per heavy atom. The first-order valence-electron chi connectivity index (χ1n) is 21.5. The summed E-state index contributed by atoms with van der Waals surface area (Å²) in [6.45, 7) is 4.16. The largest absolute Gasteiger partial charge is 0.394 e. The molecule has 1 amide bonds. The van der Waals surface area contributed by atoms with E-state index in [4.69, 9.17) is 0 Å². The van der Waals surface area contributed by atoms with Crippen LogP contribution in [-0.4, -0.2) is 46.1 Å². The molecule has 0 rings (SSSR count). The van der Waals surface area contributed by atoms with E-state index in [-0.39, 0.29) is 12.5 Å². The summed E-state index contributed by atoms with van der Waals surface area (Å²) < 4.78 is 0. The summed E-state index contributed by atoms with van der Waals surface area (Å²) in [7, 11) is 0. The summed E-state index contributed by atoms with van der Waals surface area (Å²) in [6.07, 6.45) is 44.6. The van der Waals surface area contributed by atoms with Crippen molar-refractivity contribution in [3.05, 3.63) is 12.2 Å². The average molecular weight is 680 g/mol. The molecule has 0 fully saturated rings. The van der Waals surface area contributed by atoms with Crippen molar-refractivity contribution in [1.82, 2.24) is 5.32 Å². The Bertz CT molecular complexity index is 669. The molecule has 0 saturated carbocycles. The van der Waals surface area contributed by atoms with E-state index in [1.54, 1.807) is 0 Å². The molecule has 286 valence electrons. The van der Waals surface area contributed by atoms with Crippen molar-refractivity contribution < 1.29 is 20.1 Å². The van der Waals surface area contributed by atoms with Crippen LogP contribution in [0.5, 0.6) is 0 Å². The first-order valence-corrected chi connectivity index (χ1v) is 21.5. The lowest BCUT2D eigenvalue weighted by Crippen LogP contribution is -2.50. The minimum absolute atomic E-state index is 0.153. The average Bonchev–Trinajstić information content (AvgIpc) is 3.09. The summed E-state index contributed by atoms with van der Waals surface area (Å²) in [6, 6.07) is -0.809. The molecular weight excluding hydrogens is 594 g/mol. The summed E-state index contributed by atoms with van der Waals surface area (Å²) in [5.74, 6) is -0.153. The minimum Gasteiger partial charge on any atom is -0.394 e. The fourth-order valence-electron chi connectivity index (χ4n) is 6.75. The number of amides is 1. The fourth-order valence-corrected chi connectivity index (χ4v) is 6.75. The van der Waals surface area contributed by atoms with Crippen molar-refractivity contribution in [2.45, 2.75) is 250 Å². The van der Waals surface area contributed by atoms with Crippen LogP contribution in [-0.2, 0) is 4.79 Å². The number of carbonyl (C=O) groups is 1. The van der Waals surface area contributed by atoms with E-state index < -0.39 is 18.2 Å². The summed E-state index contributed by atoms with van der Waals surface area (Å²) >= 11 is 0. The van der Waals surface area contributed by atoms with Crippen molar-refractivity contribution in [3.63, 3.8) is 0 Å². The lowest BCUT2D eigenvalue weighted by Gasteiger charge is -2.26. The predicted octanol–water partition coefficient (Wildman–Crippen LogP) is 12.0. The molecule has 0 aliphatic rings. The Kier molecular flexibility index (Phi) is 38.1. The third-order valence-corrected chi connectivity index (χ3v) is 10.1. The van der Waals surface area contributed by atoms with Crippen LogP contribution in [0.3, 0.4) is 0 Å². The second-order valence-electron chi connectivity index (χ2n) is 14.9. The molecule has 0 aliphatic heterocycles. The zero-order chi connectivity index (χ0) is 35.2. The van der Waals surface area contributed by atoms with E-state index in [1.807, 2.05) is 0 Å². The highest BCUT2D eigenvalue weighted by Crippen LogP contribution is 2.17. The molecule has 48 heavy (non-hydrogen) atoms. The number of carbonyl (C=O) groups excluding carboxylic acids is 1. The van der Waals surface area contributed by atoms with E-state index in [2.05, 4.69) is 31.3 Å². The summed E-state index contributed by atoms with van der Waals surface area (Å²) in [5, 5.41) is 33.5. The Hall–Kier alpha value is -0.910. The Morgan fingerprint density at radius 3 is 1.25 bits per heavy atom. The Labute approximate surface area is 299 Å². The van der Waals surface area contributed by atoms with E-state index in [0.717, 1.165) is 44.9 Å². The van der Waals surface area contributed by atoms with Crippen LogP contribution in [0.25, 0.3) is 0 Å². The molecule has 0 aromatic rings. The normalized spacial score (nSPS) is 13.7. The topological polar surface area (TPSA) is 89.8 Å². The number of nitrogens with one attached hydrogen (secondary N) is 1. The first kappa shape index (κ1) is 47.1. The molecule has 0 aliphatic carbocycles. The molecular formula is C43H85NO4. The lowest BCUT2D eigenvalue weighted by atomic mass is 9.99. The highest BCUT2D eigenvalue weighted by atomic mass is 16.3. The molecule has 0 bridgehead atoms. The van der Waals surface area contributed by atoms with E-state index in [9.17, 15) is 20.1 Å². The zero-order valence-corrected chi connectivity index (χ0v) is 32.4. The molecule has 3 atom stereocenters. The number of rotatable bonds is 39. The number of allylic oxidation sites excluding steroid dienone is 2. The van der Waals surface area contributed by atoms with Gasteiger partial charge in [0.2, 0.25) is 5.91 Å². The van der Waals surface area contributed by atoms with Crippen LogP contribution in [0.2, 0.25) is 0 Å². The monoisotopic (exact) mass is 680 g/mol. The SMILES string of the molecule is CCCCC/C=C\CCCCCCCC(=O)NC(CO)C(O)C(O)CCCCCCCCCCCCCCCCCCCCCCCC. The Morgan fingerprint density at radius 2 is 0.833 bits per heavy atom. The molecule has 0 aromatic carbocycles. The van der Waals surface area contributed by atoms with E-state index in [1.165, 1.54) is 161 Å². The molecule has 0 spiro atoms. The fraction of sp³-hybridized carbons (Fsp3) is 0.930. The van der Waals surface area contributed by atoms with E-state index >= 15 is 0 Å². The molecule has 5 heteroatoms. The number of aliphatic hydroxyl groups is 3. The van der Waals surface area contributed by atoms with Gasteiger partial charge >= 0.3 is 0 Å². The second-order valence-corrected chi connectivity index (χ2v) is 14.9. The van der Waals surface area contributed by atoms with Crippen molar-refractivity contribution in [3.8, 4) is 0 Å². The maximum atomic E-state index is 12.4. The summed E-state index contributed by atoms with van der Waals surface area (Å²) in [4.78, 5) is 12.4. The molecule has 5 nitrogen and oxygen atoms in total. The standard InChI is InChI=1S/C43H85NO4/c1-3-5-7-9-11-13-15-17-18-19-20-21-22-23-24-25-26-27-29-31-33-35-37-41(46)43(48)40(39-45)44-42(47)38-36-34-32-30-28-16-14-12-10-8-6-4-2/h12,14,40-41,43,45-46,48H,3-11,13,15-39H2,1-2H3,(H,44,47)/b14-12-. The van der Waals surface area contributed by atoms with Crippen molar-refractivity contribution in [1.29, 1.82) is 0 Å². The van der Waals surface area contributed by atoms with Gasteiger partial charge in [-0.3, -0.25) is 4.79 Å². The van der Waals surface area contributed by atoms with Gasteiger partial charge in [0.1, 0.15) is 6.10 Å². The van der Waals surface area contributed by atoms with Gasteiger partial charge in [-0.25, -0.2) is 0 Å². The van der Waals surface area contributed by atoms with Crippen LogP contribution in [0.1, 0.15) is 232 Å². The van der Waals surface area contributed by atoms with Crippen LogP contribution >= 0.6 is 0 Å². The predicted molar refractivity (Wildman–Crippen MR) is 208 cm³/mol. The van der Waals surface area contributed by atoms with Crippen LogP contribution in [0, 0.1) is 0 Å². The highest BCUT2D eigenvalue weighted by molar-refractivity contribution is 5.76. The lowest BCUT2D eigenvalue weighted by molar-refractivity contribution is -0.124. The van der Waals surface area contributed by atoms with Crippen LogP contribution in [0.15, 0.2) is 12.2 Å². The van der Waals surface area contributed by atoms with Gasteiger partial charge in [0.05, 0.1) is 18.8 Å². The third-order valence-electron chi connectivity index (χ3n) is 10.1. The molecule has 0 heterocycles. The molecule has 0 radical (unpaired) electrons. The van der Waals surface area contributed by atoms with Gasteiger partial charge < -0.3 is 20.6 Å². The summed E-state index contributed by atoms with van der Waals surface area (Å²) in [5.41, 5.74) is 0. The van der Waals surface area contributed by atoms with E-state index in [0.29, 0.717) is 12.8 Å². The van der Waals surface area contributed by atoms with Gasteiger partial charge in [-0.2, -0.15) is 0 Å². The van der Waals surface area contributed by atoms with Crippen molar-refractivity contribution in [2.75, 3.05) is 6.61 Å². The quantitative estimate of drug-likeness (QED) is 0.0384. The molecule has 4 N–H and O–H groups in total. The van der Waals surface area contributed by atoms with Gasteiger partial charge in [0.25, 0.3) is 0 Å². The number of aliphatic hydroxyl groups excluding tert-OH is 3. The van der Waals surface area contributed by atoms with Gasteiger partial charge in [-0.05, 0) is 38.5 Å².